The predicted molar refractivity (Wildman–Crippen MR) is 103 cm³/mol. The maximum Gasteiger partial charge on any atom is 0.343 e. The van der Waals surface area contributed by atoms with Gasteiger partial charge in [-0.2, -0.15) is 0 Å². The normalized spacial score (nSPS) is 10.3. The molecule has 27 heavy (non-hydrogen) atoms. The molecular weight excluding hydrogens is 416 g/mol. The fourth-order valence-corrected chi connectivity index (χ4v) is 2.60. The summed E-state index contributed by atoms with van der Waals surface area (Å²) in [6.07, 6.45) is 0.737. The molecule has 2 aromatic carbocycles. The van der Waals surface area contributed by atoms with E-state index in [2.05, 4.69) is 15.9 Å². The summed E-state index contributed by atoms with van der Waals surface area (Å²) in [6.45, 7) is 3.13. The molecule has 0 bridgehead atoms. The van der Waals surface area contributed by atoms with Crippen LogP contribution in [0.1, 0.15) is 34.1 Å². The van der Waals surface area contributed by atoms with Gasteiger partial charge in [0.25, 0.3) is 0 Å². The predicted octanol–water partition coefficient (Wildman–Crippen LogP) is 4.26. The van der Waals surface area contributed by atoms with Crippen LogP contribution in [0.3, 0.4) is 0 Å². The van der Waals surface area contributed by atoms with E-state index in [1.54, 1.807) is 43.5 Å². The third-order valence-electron chi connectivity index (χ3n) is 3.43. The number of ether oxygens (including phenoxy) is 4. The van der Waals surface area contributed by atoms with Crippen molar-refractivity contribution in [3.05, 3.63) is 58.1 Å². The van der Waals surface area contributed by atoms with Gasteiger partial charge in [0.2, 0.25) is 0 Å². The number of halogens is 1. The van der Waals surface area contributed by atoms with E-state index in [0.29, 0.717) is 41.2 Å². The van der Waals surface area contributed by atoms with Gasteiger partial charge in [0.1, 0.15) is 18.1 Å². The average molecular weight is 437 g/mol. The van der Waals surface area contributed by atoms with Crippen molar-refractivity contribution in [3.8, 4) is 11.5 Å². The van der Waals surface area contributed by atoms with Crippen molar-refractivity contribution in [1.82, 2.24) is 0 Å². The lowest BCUT2D eigenvalue weighted by Crippen LogP contribution is -2.10. The zero-order valence-corrected chi connectivity index (χ0v) is 16.8. The zero-order chi connectivity index (χ0) is 19.6. The number of methoxy groups -OCH3 is 1. The van der Waals surface area contributed by atoms with E-state index in [-0.39, 0.29) is 5.75 Å². The molecule has 2 rings (SSSR count). The molecule has 0 heterocycles. The molecule has 0 aliphatic carbocycles. The van der Waals surface area contributed by atoms with Crippen molar-refractivity contribution >= 4 is 27.9 Å². The molecule has 2 aromatic rings. The number of hydrogen-bond donors (Lipinski definition) is 0. The quantitative estimate of drug-likeness (QED) is 0.332. The van der Waals surface area contributed by atoms with Crippen LogP contribution in [0.2, 0.25) is 0 Å². The second-order valence-electron chi connectivity index (χ2n) is 5.54. The molecule has 0 N–H and O–H groups in total. The van der Waals surface area contributed by atoms with Gasteiger partial charge in [0, 0.05) is 7.11 Å². The Labute approximate surface area is 166 Å². The first-order chi connectivity index (χ1) is 13.0. The molecule has 0 saturated carbocycles. The highest BCUT2D eigenvalue weighted by atomic mass is 79.9. The molecule has 0 radical (unpaired) electrons. The fraction of sp³-hybridized carbons (Fsp3) is 0.300. The van der Waals surface area contributed by atoms with Crippen LogP contribution < -0.4 is 9.47 Å². The van der Waals surface area contributed by atoms with E-state index in [9.17, 15) is 9.59 Å². The summed E-state index contributed by atoms with van der Waals surface area (Å²) in [5.74, 6) is -0.125. The van der Waals surface area contributed by atoms with Crippen LogP contribution in [-0.2, 0) is 9.47 Å². The number of carbonyl (C=O) groups is 2. The molecule has 0 spiro atoms. The van der Waals surface area contributed by atoms with Gasteiger partial charge in [0.15, 0.2) is 0 Å². The lowest BCUT2D eigenvalue weighted by Gasteiger charge is -2.10. The molecule has 6 nitrogen and oxygen atoms in total. The van der Waals surface area contributed by atoms with Crippen LogP contribution in [0.5, 0.6) is 11.5 Å². The van der Waals surface area contributed by atoms with Crippen molar-refractivity contribution in [2.24, 2.45) is 0 Å². The molecule has 0 saturated heterocycles. The van der Waals surface area contributed by atoms with Crippen LogP contribution in [0.25, 0.3) is 0 Å². The molecule has 0 amide bonds. The summed E-state index contributed by atoms with van der Waals surface area (Å²) in [6, 6.07) is 11.2. The molecular formula is C20H21BrO6. The Balaban J connectivity index is 2.04. The van der Waals surface area contributed by atoms with Crippen molar-refractivity contribution in [1.29, 1.82) is 0 Å². The first kappa shape index (κ1) is 20.9. The number of benzene rings is 2. The second-order valence-corrected chi connectivity index (χ2v) is 6.39. The fourth-order valence-electron chi connectivity index (χ4n) is 2.11. The summed E-state index contributed by atoms with van der Waals surface area (Å²) >= 11 is 3.37. The Morgan fingerprint density at radius 3 is 2.44 bits per heavy atom. The van der Waals surface area contributed by atoms with Gasteiger partial charge in [-0.1, -0.05) is 13.0 Å². The average Bonchev–Trinajstić information content (AvgIpc) is 2.67. The first-order valence-corrected chi connectivity index (χ1v) is 9.25. The third-order valence-corrected chi connectivity index (χ3v) is 4.05. The van der Waals surface area contributed by atoms with Crippen molar-refractivity contribution in [2.75, 3.05) is 26.9 Å². The van der Waals surface area contributed by atoms with E-state index in [1.807, 2.05) is 6.92 Å². The molecule has 144 valence electrons. The Kier molecular flexibility index (Phi) is 8.29. The Hall–Kier alpha value is -2.38. The smallest absolute Gasteiger partial charge is 0.343 e. The molecule has 0 aliphatic heterocycles. The largest absolute Gasteiger partial charge is 0.490 e. The minimum absolute atomic E-state index is 0.266. The summed E-state index contributed by atoms with van der Waals surface area (Å²) in [7, 11) is 1.59. The standard InChI is InChI=1S/C20H21BrO6/c1-3-9-26-19(22)14-5-4-6-16(12-14)27-20(23)15-7-8-18(17(21)13-15)25-11-10-24-2/h4-8,12-13H,3,9-11H2,1-2H3. The molecule has 0 unspecified atom stereocenters. The first-order valence-electron chi connectivity index (χ1n) is 8.45. The minimum Gasteiger partial charge on any atom is -0.490 e. The van der Waals surface area contributed by atoms with Crippen molar-refractivity contribution in [3.63, 3.8) is 0 Å². The molecule has 0 aromatic heterocycles. The van der Waals surface area contributed by atoms with Gasteiger partial charge < -0.3 is 18.9 Å². The van der Waals surface area contributed by atoms with Crippen molar-refractivity contribution < 1.29 is 28.5 Å². The summed E-state index contributed by atoms with van der Waals surface area (Å²) in [5, 5.41) is 0. The van der Waals surface area contributed by atoms with Crippen LogP contribution in [0.15, 0.2) is 46.9 Å². The maximum atomic E-state index is 12.4. The molecule has 0 aliphatic rings. The summed E-state index contributed by atoms with van der Waals surface area (Å²) in [4.78, 5) is 24.3. The highest BCUT2D eigenvalue weighted by Crippen LogP contribution is 2.27. The highest BCUT2D eigenvalue weighted by Gasteiger charge is 2.14. The van der Waals surface area contributed by atoms with Crippen molar-refractivity contribution in [2.45, 2.75) is 13.3 Å². The lowest BCUT2D eigenvalue weighted by molar-refractivity contribution is 0.0503. The van der Waals surface area contributed by atoms with E-state index >= 15 is 0 Å². The van der Waals surface area contributed by atoms with E-state index in [1.165, 1.54) is 6.07 Å². The third kappa shape index (κ3) is 6.37. The van der Waals surface area contributed by atoms with Gasteiger partial charge >= 0.3 is 11.9 Å². The molecule has 0 atom stereocenters. The van der Waals surface area contributed by atoms with E-state index < -0.39 is 11.9 Å². The minimum atomic E-state index is -0.543. The zero-order valence-electron chi connectivity index (χ0n) is 15.2. The summed E-state index contributed by atoms with van der Waals surface area (Å²) in [5.41, 5.74) is 0.678. The van der Waals surface area contributed by atoms with E-state index in [0.717, 1.165) is 6.42 Å². The number of rotatable bonds is 9. The SMILES string of the molecule is CCCOC(=O)c1cccc(OC(=O)c2ccc(OCCOC)c(Br)c2)c1. The number of carbonyl (C=O) groups excluding carboxylic acids is 2. The number of esters is 2. The van der Waals surface area contributed by atoms with Gasteiger partial charge in [-0.3, -0.25) is 0 Å². The van der Waals surface area contributed by atoms with Crippen LogP contribution in [-0.4, -0.2) is 38.9 Å². The van der Waals surface area contributed by atoms with Gasteiger partial charge in [-0.25, -0.2) is 9.59 Å². The Bertz CT molecular complexity index is 790. The molecule has 7 heteroatoms. The lowest BCUT2D eigenvalue weighted by atomic mass is 10.2. The number of hydrogen-bond acceptors (Lipinski definition) is 6. The van der Waals surface area contributed by atoms with Crippen LogP contribution in [0.4, 0.5) is 0 Å². The highest BCUT2D eigenvalue weighted by molar-refractivity contribution is 9.10. The van der Waals surface area contributed by atoms with Crippen LogP contribution in [0, 0.1) is 0 Å². The van der Waals surface area contributed by atoms with Crippen LogP contribution >= 0.6 is 15.9 Å². The van der Waals surface area contributed by atoms with Gasteiger partial charge in [-0.05, 0) is 58.7 Å². The van der Waals surface area contributed by atoms with Gasteiger partial charge in [-0.15, -0.1) is 0 Å². The topological polar surface area (TPSA) is 71.1 Å². The van der Waals surface area contributed by atoms with Gasteiger partial charge in [0.05, 0.1) is 28.8 Å². The maximum absolute atomic E-state index is 12.4. The Morgan fingerprint density at radius 1 is 0.963 bits per heavy atom. The Morgan fingerprint density at radius 2 is 1.74 bits per heavy atom. The van der Waals surface area contributed by atoms with E-state index in [4.69, 9.17) is 18.9 Å². The second kappa shape index (κ2) is 10.7. The molecule has 0 fully saturated rings. The summed E-state index contributed by atoms with van der Waals surface area (Å²) < 4.78 is 21.5. The monoisotopic (exact) mass is 436 g/mol.